The number of nitrogens with zero attached hydrogens (tertiary/aromatic N) is 2. The number of rotatable bonds is 10. The van der Waals surface area contributed by atoms with Gasteiger partial charge in [0.05, 0.1) is 24.9 Å². The van der Waals surface area contributed by atoms with Gasteiger partial charge in [-0.3, -0.25) is 9.59 Å². The molecule has 0 fully saturated rings. The zero-order chi connectivity index (χ0) is 26.1. The van der Waals surface area contributed by atoms with Gasteiger partial charge in [-0.15, -0.1) is 5.11 Å². The minimum Gasteiger partial charge on any atom is -0.507 e. The number of benzene rings is 3. The number of phenolic OH excluding ortho intramolecular Hbond substituents is 1. The van der Waals surface area contributed by atoms with Gasteiger partial charge in [0.25, 0.3) is 5.91 Å². The van der Waals surface area contributed by atoms with E-state index in [-0.39, 0.29) is 53.2 Å². The van der Waals surface area contributed by atoms with Crippen molar-refractivity contribution >= 4 is 29.0 Å². The van der Waals surface area contributed by atoms with Crippen LogP contribution in [0.25, 0.3) is 0 Å². The molecule has 0 bridgehead atoms. The Morgan fingerprint density at radius 1 is 0.972 bits per heavy atom. The predicted molar refractivity (Wildman–Crippen MR) is 133 cm³/mol. The number of amides is 1. The van der Waals surface area contributed by atoms with Gasteiger partial charge < -0.3 is 19.9 Å². The van der Waals surface area contributed by atoms with Gasteiger partial charge in [0.15, 0.2) is 5.78 Å². The third-order valence-electron chi connectivity index (χ3n) is 4.93. The molecule has 3 aromatic carbocycles. The molecule has 0 saturated heterocycles. The van der Waals surface area contributed by atoms with Crippen molar-refractivity contribution in [2.24, 2.45) is 10.2 Å². The van der Waals surface area contributed by atoms with E-state index in [1.807, 2.05) is 0 Å². The summed E-state index contributed by atoms with van der Waals surface area (Å²) in [6, 6.07) is 17.7. The molecule has 9 nitrogen and oxygen atoms in total. The van der Waals surface area contributed by atoms with Gasteiger partial charge in [0.2, 0.25) is 0 Å². The number of esters is 1. The molecule has 0 saturated carbocycles. The number of aromatic hydroxyl groups is 1. The summed E-state index contributed by atoms with van der Waals surface area (Å²) in [5.74, 6) is -1.30. The lowest BCUT2D eigenvalue weighted by Crippen LogP contribution is -2.28. The number of hydrogen-bond acceptors (Lipinski definition) is 8. The van der Waals surface area contributed by atoms with Crippen LogP contribution >= 0.6 is 0 Å². The summed E-state index contributed by atoms with van der Waals surface area (Å²) in [7, 11) is 1.41. The Morgan fingerprint density at radius 2 is 1.69 bits per heavy atom. The van der Waals surface area contributed by atoms with Gasteiger partial charge in [0, 0.05) is 22.8 Å². The van der Waals surface area contributed by atoms with E-state index >= 15 is 0 Å². The van der Waals surface area contributed by atoms with Crippen molar-refractivity contribution in [2.75, 3.05) is 20.3 Å². The molecule has 3 rings (SSSR count). The standard InChI is InChI=1S/C27H25N3O6/c1-17(2)27(34)36-13-12-28-26(33)19-10-7-11-20(14-19)29-30-22-15-21(23(31)16-24(22)35-3)25(32)18-8-5-4-6-9-18/h4-11,14-16,31H,1,12-13H2,2-3H3,(H,28,33)/b30-29+. The molecule has 0 spiro atoms. The van der Waals surface area contributed by atoms with Crippen LogP contribution in [0.2, 0.25) is 0 Å². The molecule has 0 aromatic heterocycles. The van der Waals surface area contributed by atoms with Gasteiger partial charge in [0.1, 0.15) is 23.8 Å². The second kappa shape index (κ2) is 12.1. The first-order valence-corrected chi connectivity index (χ1v) is 10.9. The maximum atomic E-state index is 12.8. The van der Waals surface area contributed by atoms with Crippen LogP contribution in [0.4, 0.5) is 11.4 Å². The number of ketones is 1. The van der Waals surface area contributed by atoms with Crippen molar-refractivity contribution in [1.29, 1.82) is 0 Å². The molecule has 1 amide bonds. The molecule has 184 valence electrons. The summed E-state index contributed by atoms with van der Waals surface area (Å²) in [4.78, 5) is 36.6. The summed E-state index contributed by atoms with van der Waals surface area (Å²) in [6.07, 6.45) is 0. The maximum Gasteiger partial charge on any atom is 0.333 e. The normalized spacial score (nSPS) is 10.6. The summed E-state index contributed by atoms with van der Waals surface area (Å²) >= 11 is 0. The summed E-state index contributed by atoms with van der Waals surface area (Å²) in [5, 5.41) is 21.3. The number of carbonyl (C=O) groups is 3. The van der Waals surface area contributed by atoms with E-state index in [2.05, 4.69) is 22.1 Å². The van der Waals surface area contributed by atoms with E-state index in [4.69, 9.17) is 9.47 Å². The van der Waals surface area contributed by atoms with Crippen molar-refractivity contribution in [3.63, 3.8) is 0 Å². The minimum atomic E-state index is -0.523. The molecule has 2 N–H and O–H groups in total. The smallest absolute Gasteiger partial charge is 0.333 e. The highest BCUT2D eigenvalue weighted by molar-refractivity contribution is 6.11. The van der Waals surface area contributed by atoms with Crippen molar-refractivity contribution in [3.05, 3.63) is 95.6 Å². The fraction of sp³-hybridized carbons (Fsp3) is 0.148. The highest BCUT2D eigenvalue weighted by Gasteiger charge is 2.17. The Labute approximate surface area is 208 Å². The average Bonchev–Trinajstić information content (AvgIpc) is 2.90. The maximum absolute atomic E-state index is 12.8. The number of carbonyl (C=O) groups excluding carboxylic acids is 3. The van der Waals surface area contributed by atoms with Crippen molar-refractivity contribution in [3.8, 4) is 11.5 Å². The van der Waals surface area contributed by atoms with E-state index < -0.39 is 5.97 Å². The van der Waals surface area contributed by atoms with Gasteiger partial charge in [-0.05, 0) is 31.2 Å². The van der Waals surface area contributed by atoms with Crippen LogP contribution in [0.1, 0.15) is 33.2 Å². The lowest BCUT2D eigenvalue weighted by Gasteiger charge is -2.09. The topological polar surface area (TPSA) is 127 Å². The largest absolute Gasteiger partial charge is 0.507 e. The second-order valence-electron chi connectivity index (χ2n) is 7.66. The Bertz CT molecular complexity index is 1320. The lowest BCUT2D eigenvalue weighted by molar-refractivity contribution is -0.138. The first kappa shape index (κ1) is 25.8. The molecule has 0 aliphatic heterocycles. The van der Waals surface area contributed by atoms with Crippen molar-refractivity contribution in [1.82, 2.24) is 5.32 Å². The Kier molecular flexibility index (Phi) is 8.66. The molecule has 0 radical (unpaired) electrons. The van der Waals surface area contributed by atoms with Crippen LogP contribution in [-0.4, -0.2) is 43.0 Å². The van der Waals surface area contributed by atoms with Crippen LogP contribution in [-0.2, 0) is 9.53 Å². The van der Waals surface area contributed by atoms with Gasteiger partial charge >= 0.3 is 5.97 Å². The number of ether oxygens (including phenoxy) is 2. The zero-order valence-electron chi connectivity index (χ0n) is 19.9. The van der Waals surface area contributed by atoms with Crippen molar-refractivity contribution in [2.45, 2.75) is 6.92 Å². The summed E-state index contributed by atoms with van der Waals surface area (Å²) in [5.41, 5.74) is 1.67. The first-order valence-electron chi connectivity index (χ1n) is 10.9. The molecule has 0 unspecified atom stereocenters. The Hall–Kier alpha value is -4.79. The van der Waals surface area contributed by atoms with Crippen LogP contribution in [0, 0.1) is 0 Å². The van der Waals surface area contributed by atoms with E-state index in [1.54, 1.807) is 48.5 Å². The Balaban J connectivity index is 1.75. The molecule has 36 heavy (non-hydrogen) atoms. The molecule has 9 heteroatoms. The van der Waals surface area contributed by atoms with E-state index in [0.717, 1.165) is 0 Å². The highest BCUT2D eigenvalue weighted by Crippen LogP contribution is 2.36. The average molecular weight is 488 g/mol. The van der Waals surface area contributed by atoms with Crippen LogP contribution in [0.5, 0.6) is 11.5 Å². The number of hydrogen-bond donors (Lipinski definition) is 2. The number of nitrogens with one attached hydrogen (secondary N) is 1. The van der Waals surface area contributed by atoms with Gasteiger partial charge in [-0.2, -0.15) is 5.11 Å². The lowest BCUT2D eigenvalue weighted by atomic mass is 10.0. The summed E-state index contributed by atoms with van der Waals surface area (Å²) < 4.78 is 10.2. The number of azo groups is 1. The first-order chi connectivity index (χ1) is 17.3. The van der Waals surface area contributed by atoms with Gasteiger partial charge in [-0.25, -0.2) is 4.79 Å². The fourth-order valence-electron chi connectivity index (χ4n) is 3.08. The number of phenols is 1. The quantitative estimate of drug-likeness (QED) is 0.138. The molecule has 0 heterocycles. The van der Waals surface area contributed by atoms with E-state index in [9.17, 15) is 19.5 Å². The molecule has 0 atom stereocenters. The second-order valence-corrected chi connectivity index (χ2v) is 7.66. The van der Waals surface area contributed by atoms with E-state index in [1.165, 1.54) is 32.2 Å². The van der Waals surface area contributed by atoms with Gasteiger partial charge in [-0.1, -0.05) is 43.0 Å². The number of methoxy groups -OCH3 is 1. The van der Waals surface area contributed by atoms with E-state index in [0.29, 0.717) is 16.8 Å². The zero-order valence-corrected chi connectivity index (χ0v) is 19.9. The predicted octanol–water partition coefficient (Wildman–Crippen LogP) is 4.90. The highest BCUT2D eigenvalue weighted by atomic mass is 16.5. The Morgan fingerprint density at radius 3 is 2.39 bits per heavy atom. The molecular weight excluding hydrogens is 462 g/mol. The monoisotopic (exact) mass is 487 g/mol. The van der Waals surface area contributed by atoms with Crippen molar-refractivity contribution < 1.29 is 29.0 Å². The summed E-state index contributed by atoms with van der Waals surface area (Å²) in [6.45, 7) is 5.17. The van der Waals surface area contributed by atoms with Crippen LogP contribution in [0.15, 0.2) is 89.1 Å². The minimum absolute atomic E-state index is 0.0154. The SMILES string of the molecule is C=C(C)C(=O)OCCNC(=O)c1cccc(/N=N/c2cc(C(=O)c3ccccc3)c(O)cc2OC)c1. The molecular formula is C27H25N3O6. The van der Waals surface area contributed by atoms with Crippen LogP contribution < -0.4 is 10.1 Å². The third-order valence-corrected chi connectivity index (χ3v) is 4.93. The molecule has 0 aliphatic carbocycles. The third kappa shape index (κ3) is 6.63. The molecule has 0 aliphatic rings. The molecule has 3 aromatic rings. The van der Waals surface area contributed by atoms with Crippen LogP contribution in [0.3, 0.4) is 0 Å². The fourth-order valence-corrected chi connectivity index (χ4v) is 3.08.